The summed E-state index contributed by atoms with van der Waals surface area (Å²) in [6, 6.07) is 22.9. The van der Waals surface area contributed by atoms with Gasteiger partial charge in [0.1, 0.15) is 0 Å². The highest BCUT2D eigenvalue weighted by Crippen LogP contribution is 2.35. The molecule has 0 bridgehead atoms. The van der Waals surface area contributed by atoms with Crippen molar-refractivity contribution in [2.75, 3.05) is 12.1 Å². The highest BCUT2D eigenvalue weighted by molar-refractivity contribution is 8.00. The lowest BCUT2D eigenvalue weighted by atomic mass is 10.2. The number of ether oxygens (including phenoxy) is 2. The lowest BCUT2D eigenvalue weighted by molar-refractivity contribution is -0.115. The largest absolute Gasteiger partial charge is 0.454 e. The van der Waals surface area contributed by atoms with E-state index in [0.29, 0.717) is 39.7 Å². The Morgan fingerprint density at radius 2 is 1.82 bits per heavy atom. The third kappa shape index (κ3) is 4.73. The molecule has 2 heterocycles. The monoisotopic (exact) mass is 492 g/mol. The van der Waals surface area contributed by atoms with Gasteiger partial charge in [0.25, 0.3) is 0 Å². The molecule has 0 spiro atoms. The maximum absolute atomic E-state index is 12.9. The average Bonchev–Trinajstić information content (AvgIpc) is 3.47. The summed E-state index contributed by atoms with van der Waals surface area (Å²) in [5.74, 6) is 1.78. The molecule has 0 saturated heterocycles. The van der Waals surface area contributed by atoms with Crippen LogP contribution in [0.4, 0.5) is 5.69 Å². The first-order chi connectivity index (χ1) is 16.6. The minimum atomic E-state index is -0.428. The van der Waals surface area contributed by atoms with Crippen molar-refractivity contribution < 1.29 is 14.3 Å². The van der Waals surface area contributed by atoms with Crippen LogP contribution in [-0.2, 0) is 11.3 Å². The van der Waals surface area contributed by atoms with E-state index >= 15 is 0 Å². The van der Waals surface area contributed by atoms with E-state index in [0.717, 1.165) is 11.1 Å². The summed E-state index contributed by atoms with van der Waals surface area (Å²) in [5, 5.41) is 12.6. The van der Waals surface area contributed by atoms with E-state index in [1.54, 1.807) is 18.2 Å². The first-order valence-corrected chi connectivity index (χ1v) is 11.9. The third-order valence-electron chi connectivity index (χ3n) is 5.31. The van der Waals surface area contributed by atoms with Crippen LogP contribution < -0.4 is 14.8 Å². The molecule has 34 heavy (non-hydrogen) atoms. The molecule has 0 radical (unpaired) electrons. The second-order valence-electron chi connectivity index (χ2n) is 7.68. The van der Waals surface area contributed by atoms with Crippen LogP contribution in [0, 0.1) is 0 Å². The molecule has 1 aliphatic rings. The molecule has 172 valence electrons. The van der Waals surface area contributed by atoms with Crippen molar-refractivity contribution in [2.45, 2.75) is 23.9 Å². The van der Waals surface area contributed by atoms with Gasteiger partial charge in [-0.15, -0.1) is 10.2 Å². The third-order valence-corrected chi connectivity index (χ3v) is 6.72. The molecule has 7 nitrogen and oxygen atoms in total. The Labute approximate surface area is 206 Å². The fraction of sp³-hybridized carbons (Fsp3) is 0.160. The van der Waals surface area contributed by atoms with E-state index in [2.05, 4.69) is 15.5 Å². The molecule has 1 atom stereocenters. The van der Waals surface area contributed by atoms with Crippen LogP contribution >= 0.6 is 23.4 Å². The van der Waals surface area contributed by atoms with Crippen molar-refractivity contribution in [2.24, 2.45) is 0 Å². The fourth-order valence-electron chi connectivity index (χ4n) is 3.56. The molecule has 5 rings (SSSR count). The van der Waals surface area contributed by atoms with Gasteiger partial charge in [0.2, 0.25) is 12.7 Å². The number of rotatable bonds is 7. The Balaban J connectivity index is 1.39. The number of aromatic nitrogens is 3. The minimum absolute atomic E-state index is 0.155. The molecule has 1 aromatic heterocycles. The summed E-state index contributed by atoms with van der Waals surface area (Å²) < 4.78 is 12.7. The summed E-state index contributed by atoms with van der Waals surface area (Å²) in [6.07, 6.45) is 0. The molecule has 1 N–H and O–H groups in total. The normalized spacial score (nSPS) is 13.0. The lowest BCUT2D eigenvalue weighted by Gasteiger charge is -2.14. The number of anilines is 1. The number of carbonyl (C=O) groups is 1. The minimum Gasteiger partial charge on any atom is -0.454 e. The highest BCUT2D eigenvalue weighted by Gasteiger charge is 2.23. The number of nitrogens with one attached hydrogen (secondary N) is 1. The fourth-order valence-corrected chi connectivity index (χ4v) is 4.62. The van der Waals surface area contributed by atoms with Gasteiger partial charge >= 0.3 is 0 Å². The molecule has 0 fully saturated rings. The van der Waals surface area contributed by atoms with Crippen LogP contribution in [-0.4, -0.2) is 32.7 Å². The topological polar surface area (TPSA) is 78.3 Å². The maximum Gasteiger partial charge on any atom is 0.237 e. The molecular formula is C25H21ClN4O3S. The zero-order valence-electron chi connectivity index (χ0n) is 18.3. The summed E-state index contributed by atoms with van der Waals surface area (Å²) in [4.78, 5) is 12.9. The molecular weight excluding hydrogens is 472 g/mol. The van der Waals surface area contributed by atoms with Crippen LogP contribution in [0.1, 0.15) is 12.5 Å². The molecule has 1 aliphatic heterocycles. The number of hydrogen-bond acceptors (Lipinski definition) is 6. The van der Waals surface area contributed by atoms with Crippen LogP contribution in [0.15, 0.2) is 78.0 Å². The average molecular weight is 493 g/mol. The smallest absolute Gasteiger partial charge is 0.237 e. The van der Waals surface area contributed by atoms with Gasteiger partial charge < -0.3 is 14.8 Å². The number of hydrogen-bond donors (Lipinski definition) is 1. The van der Waals surface area contributed by atoms with E-state index in [-0.39, 0.29) is 12.7 Å². The summed E-state index contributed by atoms with van der Waals surface area (Å²) >= 11 is 7.80. The van der Waals surface area contributed by atoms with Gasteiger partial charge in [0, 0.05) is 17.3 Å². The van der Waals surface area contributed by atoms with Crippen LogP contribution in [0.3, 0.4) is 0 Å². The SMILES string of the molecule is C[C@H](Sc1nnc(-c2ccccc2Cl)n1Cc1ccccc1)C(=O)Nc1ccc2c(c1)OCO2. The molecule has 0 saturated carbocycles. The van der Waals surface area contributed by atoms with E-state index in [1.165, 1.54) is 11.8 Å². The lowest BCUT2D eigenvalue weighted by Crippen LogP contribution is -2.23. The van der Waals surface area contributed by atoms with Crippen LogP contribution in [0.2, 0.25) is 5.02 Å². The summed E-state index contributed by atoms with van der Waals surface area (Å²) in [7, 11) is 0. The van der Waals surface area contributed by atoms with Crippen molar-refractivity contribution in [3.8, 4) is 22.9 Å². The summed E-state index contributed by atoms with van der Waals surface area (Å²) in [6.45, 7) is 2.57. The van der Waals surface area contributed by atoms with Crippen LogP contribution in [0.5, 0.6) is 11.5 Å². The number of thioether (sulfide) groups is 1. The predicted octanol–water partition coefficient (Wildman–Crippen LogP) is 5.49. The first-order valence-electron chi connectivity index (χ1n) is 10.7. The van der Waals surface area contributed by atoms with E-state index in [4.69, 9.17) is 21.1 Å². The van der Waals surface area contributed by atoms with Crippen LogP contribution in [0.25, 0.3) is 11.4 Å². The Hall–Kier alpha value is -3.49. The number of carbonyl (C=O) groups excluding carboxylic acids is 1. The number of fused-ring (bicyclic) bond motifs is 1. The van der Waals surface area contributed by atoms with Gasteiger partial charge in [0.15, 0.2) is 22.5 Å². The predicted molar refractivity (Wildman–Crippen MR) is 133 cm³/mol. The van der Waals surface area contributed by atoms with E-state index in [1.807, 2.05) is 66.1 Å². The number of benzene rings is 3. The van der Waals surface area contributed by atoms with Gasteiger partial charge in [0.05, 0.1) is 16.8 Å². The maximum atomic E-state index is 12.9. The standard InChI is InChI=1S/C25H21ClN4O3S/c1-16(24(31)27-18-11-12-21-22(13-18)33-15-32-21)34-25-29-28-23(19-9-5-6-10-20(19)26)30(25)14-17-7-3-2-4-8-17/h2-13,16H,14-15H2,1H3,(H,27,31)/t16-/m0/s1. The van der Waals surface area contributed by atoms with Crippen molar-refractivity contribution in [3.05, 3.63) is 83.4 Å². The number of nitrogens with zero attached hydrogens (tertiary/aromatic N) is 3. The molecule has 1 amide bonds. The number of halogens is 1. The molecule has 0 aliphatic carbocycles. The van der Waals surface area contributed by atoms with Gasteiger partial charge in [-0.2, -0.15) is 0 Å². The quantitative estimate of drug-likeness (QED) is 0.343. The number of amides is 1. The molecule has 9 heteroatoms. The summed E-state index contributed by atoms with van der Waals surface area (Å²) in [5.41, 5.74) is 2.52. The Kier molecular flexibility index (Phi) is 6.42. The Morgan fingerprint density at radius 1 is 1.06 bits per heavy atom. The van der Waals surface area contributed by atoms with E-state index < -0.39 is 5.25 Å². The molecule has 0 unspecified atom stereocenters. The van der Waals surface area contributed by atoms with Crippen molar-refractivity contribution in [3.63, 3.8) is 0 Å². The molecule has 4 aromatic rings. The van der Waals surface area contributed by atoms with Gasteiger partial charge in [-0.3, -0.25) is 9.36 Å². The first kappa shape index (κ1) is 22.3. The zero-order valence-corrected chi connectivity index (χ0v) is 19.8. The molecule has 3 aromatic carbocycles. The van der Waals surface area contributed by atoms with Crippen molar-refractivity contribution >= 4 is 35.0 Å². The van der Waals surface area contributed by atoms with Gasteiger partial charge in [-0.05, 0) is 36.8 Å². The van der Waals surface area contributed by atoms with Crippen molar-refractivity contribution in [1.29, 1.82) is 0 Å². The Morgan fingerprint density at radius 3 is 2.65 bits per heavy atom. The second-order valence-corrected chi connectivity index (χ2v) is 9.39. The zero-order chi connectivity index (χ0) is 23.5. The second kappa shape index (κ2) is 9.79. The Bertz CT molecular complexity index is 1330. The highest BCUT2D eigenvalue weighted by atomic mass is 35.5. The van der Waals surface area contributed by atoms with E-state index in [9.17, 15) is 4.79 Å². The van der Waals surface area contributed by atoms with Gasteiger partial charge in [-0.1, -0.05) is 65.8 Å². The van der Waals surface area contributed by atoms with Gasteiger partial charge in [-0.25, -0.2) is 0 Å². The van der Waals surface area contributed by atoms with Crippen molar-refractivity contribution in [1.82, 2.24) is 14.8 Å².